The van der Waals surface area contributed by atoms with Gasteiger partial charge >= 0.3 is 0 Å². The lowest BCUT2D eigenvalue weighted by atomic mass is 9.88. The van der Waals surface area contributed by atoms with E-state index in [9.17, 15) is 9.59 Å². The Morgan fingerprint density at radius 3 is 2.33 bits per heavy atom. The van der Waals surface area contributed by atoms with Crippen LogP contribution in [0.2, 0.25) is 10.0 Å². The quantitative estimate of drug-likeness (QED) is 0.486. The van der Waals surface area contributed by atoms with Crippen LogP contribution >= 0.6 is 23.2 Å². The number of fused-ring (bicyclic) bond motifs is 1. The van der Waals surface area contributed by atoms with Crippen LogP contribution in [0.15, 0.2) is 36.4 Å². The Balaban J connectivity index is 1.70. The third-order valence-electron chi connectivity index (χ3n) is 6.14. The molecule has 1 amide bonds. The zero-order chi connectivity index (χ0) is 21.4. The molecule has 1 saturated carbocycles. The van der Waals surface area contributed by atoms with Crippen LogP contribution in [0.1, 0.15) is 53.7 Å². The second-order valence-electron chi connectivity index (χ2n) is 8.00. The molecule has 0 spiro atoms. The summed E-state index contributed by atoms with van der Waals surface area (Å²) in [4.78, 5) is 26.0. The standard InChI is InChI=1S/C24H24Cl2N2O2/c1-14-15(2)28(24(30)22-19(25)9-6-10-20(22)26)21-12-11-17(13-18(14)21)27-23(29)16-7-4-3-5-8-16/h6,9-13,16H,3-5,7-8H2,1-2H3,(H,27,29). The van der Waals surface area contributed by atoms with Crippen molar-refractivity contribution in [3.8, 4) is 0 Å². The van der Waals surface area contributed by atoms with Crippen LogP contribution in [0.4, 0.5) is 5.69 Å². The van der Waals surface area contributed by atoms with Gasteiger partial charge in [0, 0.05) is 22.7 Å². The van der Waals surface area contributed by atoms with Crippen molar-refractivity contribution >= 4 is 51.6 Å². The monoisotopic (exact) mass is 442 g/mol. The normalized spacial score (nSPS) is 14.8. The molecule has 0 unspecified atom stereocenters. The molecule has 0 aliphatic heterocycles. The number of halogens is 2. The van der Waals surface area contributed by atoms with Crippen LogP contribution in [-0.4, -0.2) is 16.4 Å². The van der Waals surface area contributed by atoms with E-state index in [0.717, 1.165) is 53.5 Å². The molecule has 1 fully saturated rings. The molecule has 4 rings (SSSR count). The molecule has 4 nitrogen and oxygen atoms in total. The number of carbonyl (C=O) groups excluding carboxylic acids is 2. The zero-order valence-corrected chi connectivity index (χ0v) is 18.6. The first-order valence-corrected chi connectivity index (χ1v) is 11.1. The summed E-state index contributed by atoms with van der Waals surface area (Å²) < 4.78 is 1.64. The molecule has 0 radical (unpaired) electrons. The largest absolute Gasteiger partial charge is 0.326 e. The number of aromatic nitrogens is 1. The molecule has 156 valence electrons. The molecular weight excluding hydrogens is 419 g/mol. The molecule has 1 N–H and O–H groups in total. The van der Waals surface area contributed by atoms with Crippen molar-refractivity contribution in [1.82, 2.24) is 4.57 Å². The van der Waals surface area contributed by atoms with E-state index < -0.39 is 0 Å². The Labute approximate surface area is 186 Å². The predicted molar refractivity (Wildman–Crippen MR) is 123 cm³/mol. The van der Waals surface area contributed by atoms with Gasteiger partial charge in [-0.15, -0.1) is 0 Å². The third-order valence-corrected chi connectivity index (χ3v) is 6.77. The number of benzene rings is 2. The SMILES string of the molecule is Cc1c(C)n(C(=O)c2c(Cl)cccc2Cl)c2ccc(NC(=O)C3CCCCC3)cc12. The first-order chi connectivity index (χ1) is 14.4. The maximum atomic E-state index is 13.3. The van der Waals surface area contributed by atoms with Crippen LogP contribution < -0.4 is 5.32 Å². The number of amides is 1. The summed E-state index contributed by atoms with van der Waals surface area (Å²) in [5.74, 6) is -0.0900. The molecule has 3 aromatic rings. The number of nitrogens with one attached hydrogen (secondary N) is 1. The van der Waals surface area contributed by atoms with Crippen LogP contribution in [0.3, 0.4) is 0 Å². The number of hydrogen-bond donors (Lipinski definition) is 1. The van der Waals surface area contributed by atoms with Crippen molar-refractivity contribution < 1.29 is 9.59 Å². The van der Waals surface area contributed by atoms with E-state index in [4.69, 9.17) is 23.2 Å². The molecule has 1 heterocycles. The minimum absolute atomic E-state index is 0.0850. The molecule has 2 aromatic carbocycles. The fourth-order valence-corrected chi connectivity index (χ4v) is 4.90. The van der Waals surface area contributed by atoms with Crippen molar-refractivity contribution in [2.24, 2.45) is 5.92 Å². The molecule has 0 saturated heterocycles. The van der Waals surface area contributed by atoms with Crippen molar-refractivity contribution in [3.05, 3.63) is 63.3 Å². The highest BCUT2D eigenvalue weighted by molar-refractivity contribution is 6.40. The summed E-state index contributed by atoms with van der Waals surface area (Å²) in [5.41, 5.74) is 3.61. The zero-order valence-electron chi connectivity index (χ0n) is 17.1. The lowest BCUT2D eigenvalue weighted by Crippen LogP contribution is -2.24. The predicted octanol–water partition coefficient (Wildman–Crippen LogP) is 6.77. The lowest BCUT2D eigenvalue weighted by molar-refractivity contribution is -0.120. The van der Waals surface area contributed by atoms with Crippen LogP contribution in [-0.2, 0) is 4.79 Å². The van der Waals surface area contributed by atoms with Gasteiger partial charge in [-0.25, -0.2) is 0 Å². The number of aryl methyl sites for hydroxylation is 1. The lowest BCUT2D eigenvalue weighted by Gasteiger charge is -2.20. The second-order valence-corrected chi connectivity index (χ2v) is 8.82. The Bertz CT molecular complexity index is 1120. The Morgan fingerprint density at radius 1 is 1.00 bits per heavy atom. The number of anilines is 1. The first-order valence-electron chi connectivity index (χ1n) is 10.3. The van der Waals surface area contributed by atoms with Gasteiger partial charge in [0.25, 0.3) is 5.91 Å². The molecule has 1 aromatic heterocycles. The summed E-state index contributed by atoms with van der Waals surface area (Å²) in [7, 11) is 0. The fourth-order valence-electron chi connectivity index (χ4n) is 4.34. The third kappa shape index (κ3) is 3.75. The van der Waals surface area contributed by atoms with E-state index in [2.05, 4.69) is 5.32 Å². The van der Waals surface area contributed by atoms with Gasteiger partial charge < -0.3 is 5.32 Å². The van der Waals surface area contributed by atoms with Crippen molar-refractivity contribution in [2.75, 3.05) is 5.32 Å². The maximum absolute atomic E-state index is 13.3. The van der Waals surface area contributed by atoms with Gasteiger partial charge in [0.2, 0.25) is 5.91 Å². The van der Waals surface area contributed by atoms with Crippen LogP contribution in [0, 0.1) is 19.8 Å². The summed E-state index contributed by atoms with van der Waals surface area (Å²) in [6.07, 6.45) is 5.35. The second kappa shape index (κ2) is 8.44. The van der Waals surface area contributed by atoms with Gasteiger partial charge in [-0.05, 0) is 62.6 Å². The van der Waals surface area contributed by atoms with Gasteiger partial charge in [-0.3, -0.25) is 14.2 Å². The number of hydrogen-bond acceptors (Lipinski definition) is 2. The van der Waals surface area contributed by atoms with E-state index in [-0.39, 0.29) is 23.3 Å². The Hall–Kier alpha value is -2.30. The topological polar surface area (TPSA) is 51.1 Å². The number of carbonyl (C=O) groups is 2. The van der Waals surface area contributed by atoms with E-state index in [0.29, 0.717) is 10.0 Å². The van der Waals surface area contributed by atoms with Gasteiger partial charge in [0.15, 0.2) is 0 Å². The highest BCUT2D eigenvalue weighted by atomic mass is 35.5. The summed E-state index contributed by atoms with van der Waals surface area (Å²) >= 11 is 12.5. The smallest absolute Gasteiger partial charge is 0.265 e. The fraction of sp³-hybridized carbons (Fsp3) is 0.333. The van der Waals surface area contributed by atoms with E-state index in [1.807, 2.05) is 32.0 Å². The molecule has 30 heavy (non-hydrogen) atoms. The Morgan fingerprint density at radius 2 is 1.67 bits per heavy atom. The van der Waals surface area contributed by atoms with Gasteiger partial charge in [-0.2, -0.15) is 0 Å². The van der Waals surface area contributed by atoms with Gasteiger partial charge in [0.1, 0.15) is 0 Å². The minimum Gasteiger partial charge on any atom is -0.326 e. The molecule has 6 heteroatoms. The molecule has 0 atom stereocenters. The van der Waals surface area contributed by atoms with Gasteiger partial charge in [-0.1, -0.05) is 48.5 Å². The maximum Gasteiger partial charge on any atom is 0.265 e. The van der Waals surface area contributed by atoms with E-state index in [1.54, 1.807) is 22.8 Å². The summed E-state index contributed by atoms with van der Waals surface area (Å²) in [5, 5.41) is 4.63. The minimum atomic E-state index is -0.264. The van der Waals surface area contributed by atoms with Crippen molar-refractivity contribution in [3.63, 3.8) is 0 Å². The summed E-state index contributed by atoms with van der Waals surface area (Å²) in [6, 6.07) is 10.7. The van der Waals surface area contributed by atoms with Crippen LogP contribution in [0.5, 0.6) is 0 Å². The van der Waals surface area contributed by atoms with E-state index >= 15 is 0 Å². The molecule has 1 aliphatic carbocycles. The average molecular weight is 443 g/mol. The van der Waals surface area contributed by atoms with Crippen molar-refractivity contribution in [1.29, 1.82) is 0 Å². The van der Waals surface area contributed by atoms with Crippen LogP contribution in [0.25, 0.3) is 10.9 Å². The average Bonchev–Trinajstić information content (AvgIpc) is 2.98. The van der Waals surface area contributed by atoms with Crippen molar-refractivity contribution in [2.45, 2.75) is 46.0 Å². The summed E-state index contributed by atoms with van der Waals surface area (Å²) in [6.45, 7) is 3.88. The number of nitrogens with zero attached hydrogens (tertiary/aromatic N) is 1. The first kappa shape index (κ1) is 21.0. The van der Waals surface area contributed by atoms with E-state index in [1.165, 1.54) is 6.42 Å². The van der Waals surface area contributed by atoms with Gasteiger partial charge in [0.05, 0.1) is 21.1 Å². The molecule has 0 bridgehead atoms. The number of rotatable bonds is 3. The highest BCUT2D eigenvalue weighted by Gasteiger charge is 2.24. The molecular formula is C24H24Cl2N2O2. The Kier molecular flexibility index (Phi) is 5.90. The highest BCUT2D eigenvalue weighted by Crippen LogP contribution is 2.32. The molecule has 1 aliphatic rings.